The van der Waals surface area contributed by atoms with E-state index in [1.54, 1.807) is 17.0 Å². The zero-order chi connectivity index (χ0) is 18.5. The maximum atomic E-state index is 13.2. The Hall–Kier alpha value is -2.84. The highest BCUT2D eigenvalue weighted by Gasteiger charge is 2.41. The number of amides is 1. The number of anilines is 4. The number of halogens is 3. The highest BCUT2D eigenvalue weighted by Crippen LogP contribution is 2.39. The highest BCUT2D eigenvalue weighted by atomic mass is 19.4. The topological polar surface area (TPSA) is 69.9 Å². The zero-order valence-electron chi connectivity index (χ0n) is 13.9. The number of alkyl halides is 3. The van der Waals surface area contributed by atoms with Gasteiger partial charge in [-0.15, -0.1) is 0 Å². The average Bonchev–Trinajstić information content (AvgIpc) is 3.31. The Labute approximate surface area is 147 Å². The number of carbonyl (C=O) groups excluding carboxylic acids is 1. The quantitative estimate of drug-likeness (QED) is 0.819. The van der Waals surface area contributed by atoms with Gasteiger partial charge in [-0.2, -0.15) is 18.2 Å². The van der Waals surface area contributed by atoms with Gasteiger partial charge in [0, 0.05) is 36.6 Å². The van der Waals surface area contributed by atoms with Crippen LogP contribution >= 0.6 is 0 Å². The maximum Gasteiger partial charge on any atom is 0.421 e. The number of hydrogen-bond acceptors (Lipinski definition) is 5. The molecule has 2 aromatic rings. The second-order valence-electron chi connectivity index (χ2n) is 6.48. The molecular formula is C17H16F3N5O. The predicted octanol–water partition coefficient (Wildman–Crippen LogP) is 3.33. The van der Waals surface area contributed by atoms with Crippen LogP contribution < -0.4 is 15.5 Å². The molecule has 2 aliphatic rings. The number of fused-ring (bicyclic) bond motifs is 1. The first-order valence-electron chi connectivity index (χ1n) is 8.22. The van der Waals surface area contributed by atoms with Gasteiger partial charge in [-0.05, 0) is 37.1 Å². The molecule has 0 aliphatic carbocycles. The van der Waals surface area contributed by atoms with Crippen molar-refractivity contribution in [2.24, 2.45) is 0 Å². The number of aromatic nitrogens is 2. The Kier molecular flexibility index (Phi) is 3.74. The molecule has 6 nitrogen and oxygen atoms in total. The smallest absolute Gasteiger partial charge is 0.349 e. The van der Waals surface area contributed by atoms with Crippen molar-refractivity contribution in [3.63, 3.8) is 0 Å². The van der Waals surface area contributed by atoms with Crippen molar-refractivity contribution in [2.75, 3.05) is 22.1 Å². The lowest BCUT2D eigenvalue weighted by Gasteiger charge is -2.18. The van der Waals surface area contributed by atoms with Crippen molar-refractivity contribution in [1.82, 2.24) is 9.97 Å². The van der Waals surface area contributed by atoms with E-state index in [9.17, 15) is 18.0 Å². The number of carbonyl (C=O) groups is 1. The minimum absolute atomic E-state index is 0.0264. The Balaban J connectivity index is 1.62. The van der Waals surface area contributed by atoms with Gasteiger partial charge in [0.1, 0.15) is 11.4 Å². The van der Waals surface area contributed by atoms with Gasteiger partial charge in [-0.1, -0.05) is 0 Å². The normalized spacial score (nSPS) is 19.0. The molecule has 9 heteroatoms. The summed E-state index contributed by atoms with van der Waals surface area (Å²) in [4.78, 5) is 20.9. The number of rotatable bonds is 3. The molecule has 2 aliphatic heterocycles. The first kappa shape index (κ1) is 16.6. The van der Waals surface area contributed by atoms with Crippen LogP contribution in [-0.4, -0.2) is 28.5 Å². The molecule has 136 valence electrons. The van der Waals surface area contributed by atoms with Gasteiger partial charge in [0.2, 0.25) is 11.9 Å². The van der Waals surface area contributed by atoms with Crippen molar-refractivity contribution >= 4 is 29.0 Å². The van der Waals surface area contributed by atoms with Crippen LogP contribution in [0.2, 0.25) is 0 Å². The molecule has 1 amide bonds. The summed E-state index contributed by atoms with van der Waals surface area (Å²) in [5.41, 5.74) is 1.53. The van der Waals surface area contributed by atoms with Gasteiger partial charge in [-0.25, -0.2) is 4.98 Å². The van der Waals surface area contributed by atoms with Crippen LogP contribution in [-0.2, 0) is 17.4 Å². The van der Waals surface area contributed by atoms with Crippen LogP contribution in [0.25, 0.3) is 0 Å². The molecule has 1 aromatic heterocycles. The molecule has 0 radical (unpaired) electrons. The van der Waals surface area contributed by atoms with Crippen molar-refractivity contribution in [3.05, 3.63) is 35.5 Å². The van der Waals surface area contributed by atoms with Crippen LogP contribution in [0.1, 0.15) is 24.5 Å². The van der Waals surface area contributed by atoms with Crippen molar-refractivity contribution in [2.45, 2.75) is 32.0 Å². The van der Waals surface area contributed by atoms with Crippen LogP contribution in [0.4, 0.5) is 36.3 Å². The molecule has 1 atom stereocenters. The molecule has 26 heavy (non-hydrogen) atoms. The van der Waals surface area contributed by atoms with Gasteiger partial charge in [0.25, 0.3) is 0 Å². The molecule has 4 rings (SSSR count). The third-order valence-electron chi connectivity index (χ3n) is 4.46. The predicted molar refractivity (Wildman–Crippen MR) is 90.5 cm³/mol. The lowest BCUT2D eigenvalue weighted by Crippen LogP contribution is -2.19. The standard InChI is InChI=1S/C17H16F3N5O/c1-9-8-25(9)15-12(17(18,19)20)7-21-16(24-15)22-11-3-4-13-10(6-11)2-5-14(26)23-13/h3-4,6-7,9H,2,5,8H2,1H3,(H,23,26)(H,21,22,24). The van der Waals surface area contributed by atoms with Crippen LogP contribution in [0, 0.1) is 0 Å². The SMILES string of the molecule is CC1CN1c1nc(Nc2ccc3c(c2)CCC(=O)N3)ncc1C(F)(F)F. The minimum atomic E-state index is -4.50. The summed E-state index contributed by atoms with van der Waals surface area (Å²) in [5.74, 6) is -0.0267. The van der Waals surface area contributed by atoms with E-state index in [1.165, 1.54) is 0 Å². The van der Waals surface area contributed by atoms with Gasteiger partial charge in [0.05, 0.1) is 0 Å². The van der Waals surface area contributed by atoms with Gasteiger partial charge in [-0.3, -0.25) is 4.79 Å². The third kappa shape index (κ3) is 3.16. The van der Waals surface area contributed by atoms with Crippen LogP contribution in [0.15, 0.2) is 24.4 Å². The number of benzene rings is 1. The fourth-order valence-electron chi connectivity index (χ4n) is 2.97. The summed E-state index contributed by atoms with van der Waals surface area (Å²) in [6, 6.07) is 5.36. The fraction of sp³-hybridized carbons (Fsp3) is 0.353. The van der Waals surface area contributed by atoms with Crippen molar-refractivity contribution in [1.29, 1.82) is 0 Å². The van der Waals surface area contributed by atoms with Crippen LogP contribution in [0.5, 0.6) is 0 Å². The average molecular weight is 363 g/mol. The Morgan fingerprint density at radius 1 is 1.31 bits per heavy atom. The molecule has 1 saturated heterocycles. The molecule has 1 fully saturated rings. The second kappa shape index (κ2) is 5.86. The van der Waals surface area contributed by atoms with E-state index in [0.29, 0.717) is 25.1 Å². The molecule has 0 spiro atoms. The van der Waals surface area contributed by atoms with Gasteiger partial charge < -0.3 is 15.5 Å². The van der Waals surface area contributed by atoms with Crippen molar-refractivity contribution in [3.8, 4) is 0 Å². The largest absolute Gasteiger partial charge is 0.421 e. The summed E-state index contributed by atoms with van der Waals surface area (Å²) >= 11 is 0. The number of aryl methyl sites for hydroxylation is 1. The Morgan fingerprint density at radius 3 is 2.77 bits per heavy atom. The molecule has 2 N–H and O–H groups in total. The summed E-state index contributed by atoms with van der Waals surface area (Å²) in [5, 5.41) is 5.74. The number of hydrogen-bond donors (Lipinski definition) is 2. The van der Waals surface area contributed by atoms with E-state index in [2.05, 4.69) is 20.6 Å². The minimum Gasteiger partial charge on any atom is -0.349 e. The molecule has 3 heterocycles. The van der Waals surface area contributed by atoms with Crippen molar-refractivity contribution < 1.29 is 18.0 Å². The molecule has 1 aromatic carbocycles. The lowest BCUT2D eigenvalue weighted by atomic mass is 10.0. The van der Waals surface area contributed by atoms with E-state index in [1.807, 2.05) is 13.0 Å². The zero-order valence-corrected chi connectivity index (χ0v) is 13.9. The first-order valence-corrected chi connectivity index (χ1v) is 8.22. The van der Waals surface area contributed by atoms with E-state index in [4.69, 9.17) is 0 Å². The summed E-state index contributed by atoms with van der Waals surface area (Å²) in [7, 11) is 0. The third-order valence-corrected chi connectivity index (χ3v) is 4.46. The number of nitrogens with one attached hydrogen (secondary N) is 2. The summed E-state index contributed by atoms with van der Waals surface area (Å²) in [6.45, 7) is 2.38. The van der Waals surface area contributed by atoms with E-state index in [0.717, 1.165) is 17.4 Å². The molecule has 0 bridgehead atoms. The maximum absolute atomic E-state index is 13.2. The second-order valence-corrected chi connectivity index (χ2v) is 6.48. The van der Waals surface area contributed by atoms with Crippen LogP contribution in [0.3, 0.4) is 0 Å². The monoisotopic (exact) mass is 363 g/mol. The molecule has 1 unspecified atom stereocenters. The van der Waals surface area contributed by atoms with E-state index in [-0.39, 0.29) is 23.7 Å². The summed E-state index contributed by atoms with van der Waals surface area (Å²) in [6.07, 6.45) is -2.67. The first-order chi connectivity index (χ1) is 12.3. The Morgan fingerprint density at radius 2 is 2.08 bits per heavy atom. The van der Waals surface area contributed by atoms with E-state index < -0.39 is 11.7 Å². The highest BCUT2D eigenvalue weighted by molar-refractivity contribution is 5.94. The van der Waals surface area contributed by atoms with E-state index >= 15 is 0 Å². The van der Waals surface area contributed by atoms with Gasteiger partial charge >= 0.3 is 6.18 Å². The Bertz CT molecular complexity index is 883. The molecular weight excluding hydrogens is 347 g/mol. The van der Waals surface area contributed by atoms with Gasteiger partial charge in [0.15, 0.2) is 0 Å². The fourth-order valence-corrected chi connectivity index (χ4v) is 2.97. The number of nitrogens with zero attached hydrogens (tertiary/aromatic N) is 3. The lowest BCUT2D eigenvalue weighted by molar-refractivity contribution is -0.137. The molecule has 0 saturated carbocycles. The summed E-state index contributed by atoms with van der Waals surface area (Å²) < 4.78 is 39.5.